The van der Waals surface area contributed by atoms with Crippen LogP contribution >= 0.6 is 0 Å². The van der Waals surface area contributed by atoms with Crippen molar-refractivity contribution in [1.82, 2.24) is 4.90 Å². The Morgan fingerprint density at radius 2 is 1.95 bits per heavy atom. The lowest BCUT2D eigenvalue weighted by Crippen LogP contribution is -2.42. The third kappa shape index (κ3) is 2.73. The minimum absolute atomic E-state index is 0.0766. The first-order chi connectivity index (χ1) is 9.58. The smallest absolute Gasteiger partial charge is 0.466 e. The fourth-order valence-electron chi connectivity index (χ4n) is 2.73. The molecule has 2 atom stereocenters. The van der Waals surface area contributed by atoms with Crippen LogP contribution in [0.4, 0.5) is 13.2 Å². The van der Waals surface area contributed by atoms with Crippen LogP contribution in [0.5, 0.6) is 0 Å². The van der Waals surface area contributed by atoms with Gasteiger partial charge < -0.3 is 8.92 Å². The van der Waals surface area contributed by atoms with E-state index in [1.165, 1.54) is 0 Å². The predicted molar refractivity (Wildman–Crippen MR) is 64.3 cm³/mol. The number of ether oxygens (including phenoxy) is 1. The summed E-state index contributed by atoms with van der Waals surface area (Å²) in [5, 5.41) is 0. The van der Waals surface area contributed by atoms with Crippen molar-refractivity contribution in [2.24, 2.45) is 0 Å². The summed E-state index contributed by atoms with van der Waals surface area (Å²) >= 11 is 0. The van der Waals surface area contributed by atoms with Gasteiger partial charge in [0.25, 0.3) is 0 Å². The highest BCUT2D eigenvalue weighted by molar-refractivity contribution is 7.87. The maximum Gasteiger partial charge on any atom is 0.534 e. The first-order valence-corrected chi connectivity index (χ1v) is 7.53. The Balaban J connectivity index is 2.43. The summed E-state index contributed by atoms with van der Waals surface area (Å²) in [7, 11) is -2.99. The molecule has 0 unspecified atom stereocenters. The molecule has 1 fully saturated rings. The second kappa shape index (κ2) is 5.16. The van der Waals surface area contributed by atoms with E-state index in [4.69, 9.17) is 0 Å². The summed E-state index contributed by atoms with van der Waals surface area (Å²) in [5.41, 5.74) is -5.69. The number of esters is 1. The minimum atomic E-state index is -5.79. The van der Waals surface area contributed by atoms with Crippen LogP contribution in [-0.2, 0) is 23.8 Å². The number of hydrogen-bond donors (Lipinski definition) is 0. The molecule has 0 amide bonds. The lowest BCUT2D eigenvalue weighted by molar-refractivity contribution is -0.137. The van der Waals surface area contributed by atoms with Crippen molar-refractivity contribution >= 4 is 16.1 Å². The Bertz CT molecular complexity index is 583. The van der Waals surface area contributed by atoms with Crippen LogP contribution in [-0.4, -0.2) is 51.0 Å². The Hall–Kier alpha value is -1.29. The number of alkyl halides is 3. The average molecular weight is 329 g/mol. The number of likely N-dealkylation sites (N-methyl/N-ethyl adjacent to an activating group) is 1. The summed E-state index contributed by atoms with van der Waals surface area (Å²) in [4.78, 5) is 13.6. The maximum atomic E-state index is 12.4. The molecule has 0 N–H and O–H groups in total. The van der Waals surface area contributed by atoms with Crippen molar-refractivity contribution < 1.29 is 35.3 Å². The molecule has 0 spiro atoms. The van der Waals surface area contributed by atoms with E-state index in [2.05, 4.69) is 8.92 Å². The van der Waals surface area contributed by atoms with Gasteiger partial charge in [0.05, 0.1) is 12.7 Å². The molecular formula is C11H14F3NO5S. The van der Waals surface area contributed by atoms with Crippen molar-refractivity contribution in [3.05, 3.63) is 11.3 Å². The molecule has 0 radical (unpaired) electrons. The molecule has 0 saturated carbocycles. The Labute approximate surface area is 119 Å². The molecule has 0 aliphatic carbocycles. The summed E-state index contributed by atoms with van der Waals surface area (Å²) in [6.45, 7) is 0. The van der Waals surface area contributed by atoms with Crippen LogP contribution in [0.1, 0.15) is 19.3 Å². The number of carbonyl (C=O) groups excluding carboxylic acids is 1. The first kappa shape index (κ1) is 16.1. The van der Waals surface area contributed by atoms with Crippen molar-refractivity contribution in [3.8, 4) is 0 Å². The Morgan fingerprint density at radius 3 is 2.48 bits per heavy atom. The Morgan fingerprint density at radius 1 is 1.33 bits per heavy atom. The highest BCUT2D eigenvalue weighted by Gasteiger charge is 2.51. The SMILES string of the molecule is COC(=O)C1=C(OS(=O)(=O)C(F)(F)F)C[C@H]2CC[C@@H]1N2C. The van der Waals surface area contributed by atoms with Gasteiger partial charge in [-0.3, -0.25) is 4.90 Å². The molecule has 2 bridgehead atoms. The predicted octanol–water partition coefficient (Wildman–Crippen LogP) is 1.15. The molecular weight excluding hydrogens is 315 g/mol. The van der Waals surface area contributed by atoms with Gasteiger partial charge in [0, 0.05) is 18.5 Å². The van der Waals surface area contributed by atoms with Gasteiger partial charge in [-0.15, -0.1) is 0 Å². The van der Waals surface area contributed by atoms with E-state index in [-0.39, 0.29) is 18.0 Å². The average Bonchev–Trinajstić information content (AvgIpc) is 2.60. The number of fused-ring (bicyclic) bond motifs is 2. The molecule has 2 rings (SSSR count). The van der Waals surface area contributed by atoms with E-state index < -0.39 is 33.4 Å². The number of hydrogen-bond acceptors (Lipinski definition) is 6. The van der Waals surface area contributed by atoms with Gasteiger partial charge >= 0.3 is 21.6 Å². The number of rotatable bonds is 3. The molecule has 21 heavy (non-hydrogen) atoms. The number of halogens is 3. The minimum Gasteiger partial charge on any atom is -0.466 e. The van der Waals surface area contributed by atoms with Crippen molar-refractivity contribution in [2.75, 3.05) is 14.2 Å². The van der Waals surface area contributed by atoms with Crippen LogP contribution in [0.15, 0.2) is 11.3 Å². The van der Waals surface area contributed by atoms with Crippen molar-refractivity contribution in [1.29, 1.82) is 0 Å². The highest BCUT2D eigenvalue weighted by Crippen LogP contribution is 2.40. The second-order valence-electron chi connectivity index (χ2n) is 4.93. The monoisotopic (exact) mass is 329 g/mol. The van der Waals surface area contributed by atoms with E-state index >= 15 is 0 Å². The zero-order chi connectivity index (χ0) is 16.0. The van der Waals surface area contributed by atoms with Crippen LogP contribution in [0.25, 0.3) is 0 Å². The van der Waals surface area contributed by atoms with Gasteiger partial charge in [-0.05, 0) is 19.9 Å². The van der Waals surface area contributed by atoms with Crippen LogP contribution in [0.3, 0.4) is 0 Å². The van der Waals surface area contributed by atoms with Gasteiger partial charge in [-0.2, -0.15) is 21.6 Å². The molecule has 6 nitrogen and oxygen atoms in total. The normalized spacial score (nSPS) is 26.9. The lowest BCUT2D eigenvalue weighted by Gasteiger charge is -2.33. The van der Waals surface area contributed by atoms with Crippen molar-refractivity contribution in [3.63, 3.8) is 0 Å². The van der Waals surface area contributed by atoms with Crippen LogP contribution < -0.4 is 0 Å². The molecule has 10 heteroatoms. The quantitative estimate of drug-likeness (QED) is 0.439. The molecule has 0 aromatic rings. The molecule has 2 aliphatic heterocycles. The highest BCUT2D eigenvalue weighted by atomic mass is 32.2. The fourth-order valence-corrected chi connectivity index (χ4v) is 3.25. The number of carbonyl (C=O) groups is 1. The second-order valence-corrected chi connectivity index (χ2v) is 6.47. The van der Waals surface area contributed by atoms with Gasteiger partial charge in [-0.25, -0.2) is 4.79 Å². The van der Waals surface area contributed by atoms with Crippen LogP contribution in [0, 0.1) is 0 Å². The standard InChI is InChI=1S/C11H14F3NO5S/c1-15-6-3-4-7(15)9(10(16)19-2)8(5-6)20-21(17,18)11(12,13)14/h6-7H,3-5H2,1-2H3/t6-,7+/m1/s1. The van der Waals surface area contributed by atoms with Gasteiger partial charge in [-0.1, -0.05) is 0 Å². The fraction of sp³-hybridized carbons (Fsp3) is 0.727. The van der Waals surface area contributed by atoms with Gasteiger partial charge in [0.15, 0.2) is 0 Å². The third-order valence-corrected chi connectivity index (χ3v) is 4.78. The summed E-state index contributed by atoms with van der Waals surface area (Å²) in [5.74, 6) is -1.34. The van der Waals surface area contributed by atoms with E-state index in [1.54, 1.807) is 7.05 Å². The number of nitrogens with zero attached hydrogens (tertiary/aromatic N) is 1. The topological polar surface area (TPSA) is 72.9 Å². The van der Waals surface area contributed by atoms with Gasteiger partial charge in [0.1, 0.15) is 5.76 Å². The summed E-state index contributed by atoms with van der Waals surface area (Å²) in [6.07, 6.45) is 1.10. The molecule has 2 heterocycles. The summed E-state index contributed by atoms with van der Waals surface area (Å²) < 4.78 is 68.3. The largest absolute Gasteiger partial charge is 0.534 e. The lowest BCUT2D eigenvalue weighted by atomic mass is 10.0. The van der Waals surface area contributed by atoms with E-state index in [9.17, 15) is 26.4 Å². The molecule has 0 aromatic carbocycles. The molecule has 120 valence electrons. The molecule has 0 aromatic heterocycles. The van der Waals surface area contributed by atoms with E-state index in [1.807, 2.05) is 4.90 Å². The van der Waals surface area contributed by atoms with Crippen molar-refractivity contribution in [2.45, 2.75) is 36.9 Å². The zero-order valence-electron chi connectivity index (χ0n) is 11.3. The first-order valence-electron chi connectivity index (χ1n) is 6.12. The molecule has 2 aliphatic rings. The van der Waals surface area contributed by atoms with E-state index in [0.29, 0.717) is 12.8 Å². The third-order valence-electron chi connectivity index (χ3n) is 3.79. The number of methoxy groups -OCH3 is 1. The van der Waals surface area contributed by atoms with E-state index in [0.717, 1.165) is 7.11 Å². The maximum absolute atomic E-state index is 12.4. The van der Waals surface area contributed by atoms with Gasteiger partial charge in [0.2, 0.25) is 0 Å². The summed E-state index contributed by atoms with van der Waals surface area (Å²) in [6, 6.07) is -0.642. The zero-order valence-corrected chi connectivity index (χ0v) is 12.1. The Kier molecular flexibility index (Phi) is 3.96. The van der Waals surface area contributed by atoms with Crippen LogP contribution in [0.2, 0.25) is 0 Å². The molecule has 1 saturated heterocycles.